The molecule has 3 rings (SSSR count). The van der Waals surface area contributed by atoms with Crippen LogP contribution in [-0.2, 0) is 16.4 Å². The van der Waals surface area contributed by atoms with Crippen LogP contribution in [0.5, 0.6) is 5.75 Å². The minimum absolute atomic E-state index is 0.00105. The Kier molecular flexibility index (Phi) is 5.93. The van der Waals surface area contributed by atoms with E-state index in [0.29, 0.717) is 23.6 Å². The summed E-state index contributed by atoms with van der Waals surface area (Å²) < 4.78 is 39.0. The van der Waals surface area contributed by atoms with E-state index in [0.717, 1.165) is 32.1 Å². The number of methoxy groups -OCH3 is 1. The van der Waals surface area contributed by atoms with Crippen LogP contribution in [-0.4, -0.2) is 31.7 Å². The molecule has 0 amide bonds. The Morgan fingerprint density at radius 2 is 2.04 bits per heavy atom. The van der Waals surface area contributed by atoms with Gasteiger partial charge in [0.05, 0.1) is 17.6 Å². The predicted molar refractivity (Wildman–Crippen MR) is 97.5 cm³/mol. The van der Waals surface area contributed by atoms with Crippen LogP contribution < -0.4 is 9.46 Å². The second-order valence-corrected chi connectivity index (χ2v) is 8.30. The maximum absolute atomic E-state index is 12.8. The third-order valence-corrected chi connectivity index (χ3v) is 6.10. The zero-order chi connectivity index (χ0) is 18.6. The smallest absolute Gasteiger partial charge is 0.261 e. The molecule has 1 fully saturated rings. The molecule has 0 radical (unpaired) electrons. The lowest BCUT2D eigenvalue weighted by atomic mass is 9.96. The van der Waals surface area contributed by atoms with Crippen molar-refractivity contribution in [2.24, 2.45) is 0 Å². The van der Waals surface area contributed by atoms with Crippen LogP contribution in [0.2, 0.25) is 0 Å². The van der Waals surface area contributed by atoms with Gasteiger partial charge in [0.2, 0.25) is 10.0 Å². The van der Waals surface area contributed by atoms with Gasteiger partial charge in [0.1, 0.15) is 5.75 Å². The maximum Gasteiger partial charge on any atom is 0.261 e. The third kappa shape index (κ3) is 4.24. The summed E-state index contributed by atoms with van der Waals surface area (Å²) in [6.45, 7) is 2.03. The molecule has 1 aromatic heterocycles. The number of aryl methyl sites for hydroxylation is 1. The van der Waals surface area contributed by atoms with Gasteiger partial charge in [0, 0.05) is 12.5 Å². The summed E-state index contributed by atoms with van der Waals surface area (Å²) in [4.78, 5) is 4.52. The van der Waals surface area contributed by atoms with Gasteiger partial charge in [-0.1, -0.05) is 31.3 Å². The van der Waals surface area contributed by atoms with Crippen molar-refractivity contribution in [3.63, 3.8) is 0 Å². The fraction of sp³-hybridized carbons (Fsp3) is 0.556. The molecule has 1 aliphatic carbocycles. The van der Waals surface area contributed by atoms with Gasteiger partial charge in [-0.25, -0.2) is 13.1 Å². The average Bonchev–Trinajstić information content (AvgIpc) is 3.10. The van der Waals surface area contributed by atoms with Crippen LogP contribution in [0.4, 0.5) is 0 Å². The van der Waals surface area contributed by atoms with Gasteiger partial charge in [-0.3, -0.25) is 0 Å². The molecule has 0 bridgehead atoms. The minimum atomic E-state index is -3.61. The van der Waals surface area contributed by atoms with E-state index in [1.165, 1.54) is 25.7 Å². The fourth-order valence-electron chi connectivity index (χ4n) is 3.22. The van der Waals surface area contributed by atoms with Gasteiger partial charge in [0.15, 0.2) is 5.82 Å². The highest BCUT2D eigenvalue weighted by Gasteiger charge is 2.24. The molecular formula is C18H25N3O4S. The molecule has 1 saturated carbocycles. The molecule has 26 heavy (non-hydrogen) atoms. The summed E-state index contributed by atoms with van der Waals surface area (Å²) in [6, 6.07) is 4.69. The topological polar surface area (TPSA) is 94.3 Å². The van der Waals surface area contributed by atoms with E-state index in [2.05, 4.69) is 14.9 Å². The molecule has 8 heteroatoms. The number of sulfonamides is 1. The van der Waals surface area contributed by atoms with Gasteiger partial charge in [-0.2, -0.15) is 4.98 Å². The first-order chi connectivity index (χ1) is 12.5. The Bertz CT molecular complexity index is 842. The summed E-state index contributed by atoms with van der Waals surface area (Å²) in [5, 5.41) is 3.94. The number of benzene rings is 1. The molecule has 0 aliphatic heterocycles. The van der Waals surface area contributed by atoms with Crippen LogP contribution >= 0.6 is 0 Å². The second kappa shape index (κ2) is 8.18. The van der Waals surface area contributed by atoms with Gasteiger partial charge in [-0.15, -0.1) is 0 Å². The molecule has 0 saturated heterocycles. The largest absolute Gasteiger partial charge is 0.496 e. The zero-order valence-electron chi connectivity index (χ0n) is 15.2. The Morgan fingerprint density at radius 1 is 1.27 bits per heavy atom. The lowest BCUT2D eigenvalue weighted by Gasteiger charge is -2.22. The number of hydrogen-bond acceptors (Lipinski definition) is 6. The van der Waals surface area contributed by atoms with E-state index < -0.39 is 10.0 Å². The van der Waals surface area contributed by atoms with E-state index in [1.54, 1.807) is 6.07 Å². The molecule has 1 aromatic carbocycles. The maximum atomic E-state index is 12.8. The molecule has 1 heterocycles. The summed E-state index contributed by atoms with van der Waals surface area (Å²) in [7, 11) is -2.09. The molecule has 7 nitrogen and oxygen atoms in total. The first-order valence-corrected chi connectivity index (χ1v) is 10.5. The highest BCUT2D eigenvalue weighted by molar-refractivity contribution is 7.89. The number of nitrogens with zero attached hydrogens (tertiary/aromatic N) is 2. The summed E-state index contributed by atoms with van der Waals surface area (Å²) >= 11 is 0. The lowest BCUT2D eigenvalue weighted by molar-refractivity contribution is 0.402. The van der Waals surface area contributed by atoms with Crippen LogP contribution in [0.15, 0.2) is 27.6 Å². The van der Waals surface area contributed by atoms with Crippen molar-refractivity contribution in [3.05, 3.63) is 24.0 Å². The van der Waals surface area contributed by atoms with E-state index in [-0.39, 0.29) is 16.8 Å². The van der Waals surface area contributed by atoms with Crippen molar-refractivity contribution in [2.45, 2.75) is 62.8 Å². The molecular weight excluding hydrogens is 354 g/mol. The summed E-state index contributed by atoms with van der Waals surface area (Å²) in [6.07, 6.45) is 6.65. The molecule has 142 valence electrons. The lowest BCUT2D eigenvalue weighted by Crippen LogP contribution is -2.36. The predicted octanol–water partition coefficient (Wildman–Crippen LogP) is 3.31. The van der Waals surface area contributed by atoms with E-state index >= 15 is 0 Å². The first-order valence-electron chi connectivity index (χ1n) is 9.07. The monoisotopic (exact) mass is 379 g/mol. The van der Waals surface area contributed by atoms with Crippen LogP contribution in [0, 0.1) is 0 Å². The fourth-order valence-corrected chi connectivity index (χ4v) is 4.55. The van der Waals surface area contributed by atoms with Gasteiger partial charge < -0.3 is 9.26 Å². The average molecular weight is 379 g/mol. The molecule has 2 aromatic rings. The van der Waals surface area contributed by atoms with E-state index in [9.17, 15) is 8.42 Å². The van der Waals surface area contributed by atoms with Crippen molar-refractivity contribution >= 4 is 10.0 Å². The minimum Gasteiger partial charge on any atom is -0.496 e. The second-order valence-electron chi connectivity index (χ2n) is 6.58. The quantitative estimate of drug-likeness (QED) is 0.793. The van der Waals surface area contributed by atoms with Gasteiger partial charge in [0.25, 0.3) is 5.89 Å². The van der Waals surface area contributed by atoms with Crippen LogP contribution in [0.25, 0.3) is 11.5 Å². The number of rotatable bonds is 7. The normalized spacial score (nSPS) is 15.9. The highest BCUT2D eigenvalue weighted by Crippen LogP contribution is 2.31. The molecule has 1 aliphatic rings. The molecule has 0 unspecified atom stereocenters. The van der Waals surface area contributed by atoms with Crippen molar-refractivity contribution in [1.82, 2.24) is 14.9 Å². The van der Waals surface area contributed by atoms with Crippen molar-refractivity contribution < 1.29 is 17.7 Å². The standard InChI is InChI=1S/C18H25N3O4S/c1-3-7-17-19-18(25-20-17)15-12-14(10-11-16(15)24-2)26(22,23)21-13-8-5-4-6-9-13/h10-13,21H,3-9H2,1-2H3. The number of ether oxygens (including phenoxy) is 1. The number of aromatic nitrogens is 2. The first kappa shape index (κ1) is 18.8. The number of nitrogens with one attached hydrogen (secondary N) is 1. The van der Waals surface area contributed by atoms with Gasteiger partial charge in [-0.05, 0) is 37.5 Å². The Labute approximate surface area is 154 Å². The Morgan fingerprint density at radius 3 is 2.73 bits per heavy atom. The SMILES string of the molecule is CCCc1noc(-c2cc(S(=O)(=O)NC3CCCCC3)ccc2OC)n1. The van der Waals surface area contributed by atoms with E-state index in [4.69, 9.17) is 9.26 Å². The van der Waals surface area contributed by atoms with Crippen LogP contribution in [0.1, 0.15) is 51.3 Å². The molecule has 1 N–H and O–H groups in total. The Hall–Kier alpha value is -1.93. The third-order valence-electron chi connectivity index (χ3n) is 4.58. The summed E-state index contributed by atoms with van der Waals surface area (Å²) in [5.74, 6) is 1.35. The highest BCUT2D eigenvalue weighted by atomic mass is 32.2. The van der Waals surface area contributed by atoms with Crippen LogP contribution in [0.3, 0.4) is 0 Å². The number of hydrogen-bond donors (Lipinski definition) is 1. The zero-order valence-corrected chi connectivity index (χ0v) is 16.0. The van der Waals surface area contributed by atoms with Crippen molar-refractivity contribution in [3.8, 4) is 17.2 Å². The van der Waals surface area contributed by atoms with Gasteiger partial charge >= 0.3 is 0 Å². The van der Waals surface area contributed by atoms with Crippen molar-refractivity contribution in [2.75, 3.05) is 7.11 Å². The Balaban J connectivity index is 1.90. The molecule has 0 atom stereocenters. The summed E-state index contributed by atoms with van der Waals surface area (Å²) in [5.41, 5.74) is 0.480. The molecule has 0 spiro atoms. The van der Waals surface area contributed by atoms with E-state index in [1.807, 2.05) is 6.92 Å². The van der Waals surface area contributed by atoms with Crippen molar-refractivity contribution in [1.29, 1.82) is 0 Å².